The molecule has 2 atom stereocenters. The minimum Gasteiger partial charge on any atom is -0.375 e. The van der Waals surface area contributed by atoms with Crippen LogP contribution in [0.5, 0.6) is 0 Å². The van der Waals surface area contributed by atoms with Gasteiger partial charge in [0.1, 0.15) is 6.61 Å². The van der Waals surface area contributed by atoms with E-state index in [1.165, 1.54) is 23.4 Å². The molecule has 1 aliphatic heterocycles. The molecule has 0 aliphatic carbocycles. The number of nitrogens with one attached hydrogen (secondary N) is 2. The third-order valence-corrected chi connectivity index (χ3v) is 8.25. The van der Waals surface area contributed by atoms with Crippen LogP contribution in [0.15, 0.2) is 91.1 Å². The summed E-state index contributed by atoms with van der Waals surface area (Å²) in [6, 6.07) is 28.8. The van der Waals surface area contributed by atoms with E-state index in [4.69, 9.17) is 21.9 Å². The number of ether oxygens (including phenoxy) is 1. The number of fused-ring (bicyclic) bond motifs is 1. The van der Waals surface area contributed by atoms with Gasteiger partial charge in [0.2, 0.25) is 5.91 Å². The quantitative estimate of drug-likeness (QED) is 0.210. The maximum atomic E-state index is 12.2. The summed E-state index contributed by atoms with van der Waals surface area (Å²) in [5.41, 5.74) is 8.13. The molecule has 2 N–H and O–H groups in total. The van der Waals surface area contributed by atoms with E-state index in [-0.39, 0.29) is 24.6 Å². The van der Waals surface area contributed by atoms with Crippen molar-refractivity contribution in [2.45, 2.75) is 32.9 Å². The van der Waals surface area contributed by atoms with Gasteiger partial charge in [-0.15, -0.1) is 0 Å². The van der Waals surface area contributed by atoms with Crippen molar-refractivity contribution in [1.82, 2.24) is 14.9 Å². The zero-order valence-corrected chi connectivity index (χ0v) is 24.9. The average Bonchev–Trinajstić information content (AvgIpc) is 3.49. The van der Waals surface area contributed by atoms with Crippen LogP contribution < -0.4 is 15.5 Å². The van der Waals surface area contributed by atoms with Crippen LogP contribution in [0.1, 0.15) is 40.3 Å². The molecule has 0 bridgehead atoms. The predicted molar refractivity (Wildman–Crippen MR) is 172 cm³/mol. The van der Waals surface area contributed by atoms with Crippen molar-refractivity contribution < 1.29 is 9.53 Å². The number of hydrogen-bond donors (Lipinski definition) is 2. The fourth-order valence-corrected chi connectivity index (χ4v) is 6.41. The van der Waals surface area contributed by atoms with Gasteiger partial charge in [-0.2, -0.15) is 0 Å². The first-order chi connectivity index (χ1) is 20.4. The Morgan fingerprint density at radius 1 is 1.00 bits per heavy atom. The zero-order valence-electron chi connectivity index (χ0n) is 24.1. The first kappa shape index (κ1) is 27.6. The Labute approximate surface area is 251 Å². The standard InChI is InChI=1S/C34H33N5O2S/c1-21-18-25(15-16-28(21)36-31(40)20-41-4)39-33(32(37-34(39)42)29-13-7-8-17-35-29)27-19-22(2)38(23(27)3)30-14-9-11-24-10-5-6-12-26(24)30/h5-19,32-33H,20H2,1-4H3,(H,36,40)(H,37,42). The van der Waals surface area contributed by atoms with Crippen LogP contribution in [0, 0.1) is 20.8 Å². The number of nitrogens with zero attached hydrogens (tertiary/aromatic N) is 3. The van der Waals surface area contributed by atoms with E-state index < -0.39 is 0 Å². The molecule has 2 unspecified atom stereocenters. The van der Waals surface area contributed by atoms with Gasteiger partial charge in [0, 0.05) is 41.5 Å². The van der Waals surface area contributed by atoms with Gasteiger partial charge in [-0.1, -0.05) is 42.5 Å². The molecule has 1 fully saturated rings. The van der Waals surface area contributed by atoms with E-state index in [9.17, 15) is 4.79 Å². The number of anilines is 2. The van der Waals surface area contributed by atoms with E-state index in [0.29, 0.717) is 5.11 Å². The summed E-state index contributed by atoms with van der Waals surface area (Å²) >= 11 is 5.99. The lowest BCUT2D eigenvalue weighted by Crippen LogP contribution is -2.29. The molecule has 0 radical (unpaired) electrons. The van der Waals surface area contributed by atoms with Crippen molar-refractivity contribution in [2.75, 3.05) is 23.9 Å². The lowest BCUT2D eigenvalue weighted by atomic mass is 9.96. The maximum absolute atomic E-state index is 12.2. The molecule has 2 aromatic heterocycles. The fourth-order valence-electron chi connectivity index (χ4n) is 6.07. The second kappa shape index (κ2) is 11.4. The Morgan fingerprint density at radius 2 is 1.79 bits per heavy atom. The predicted octanol–water partition coefficient (Wildman–Crippen LogP) is 6.71. The summed E-state index contributed by atoms with van der Waals surface area (Å²) < 4.78 is 7.32. The van der Waals surface area contributed by atoms with Gasteiger partial charge in [0.15, 0.2) is 5.11 Å². The first-order valence-corrected chi connectivity index (χ1v) is 14.3. The van der Waals surface area contributed by atoms with Gasteiger partial charge in [-0.3, -0.25) is 9.78 Å². The summed E-state index contributed by atoms with van der Waals surface area (Å²) in [5, 5.41) is 9.53. The number of carbonyl (C=O) groups is 1. The normalized spacial score (nSPS) is 16.6. The Kier molecular flexibility index (Phi) is 7.49. The molecule has 1 saturated heterocycles. The number of aryl methyl sites for hydroxylation is 2. The molecule has 42 heavy (non-hydrogen) atoms. The molecule has 5 aromatic rings. The molecule has 0 spiro atoms. The zero-order chi connectivity index (χ0) is 29.4. The first-order valence-electron chi connectivity index (χ1n) is 13.9. The molecule has 7 nitrogen and oxygen atoms in total. The lowest BCUT2D eigenvalue weighted by molar-refractivity contribution is -0.119. The lowest BCUT2D eigenvalue weighted by Gasteiger charge is -2.29. The summed E-state index contributed by atoms with van der Waals surface area (Å²) in [4.78, 5) is 19.1. The van der Waals surface area contributed by atoms with E-state index in [1.807, 2.05) is 43.5 Å². The number of carbonyl (C=O) groups excluding carboxylic acids is 1. The third kappa shape index (κ3) is 4.93. The van der Waals surface area contributed by atoms with E-state index in [0.717, 1.165) is 39.7 Å². The van der Waals surface area contributed by atoms with Crippen LogP contribution >= 0.6 is 12.2 Å². The molecule has 1 amide bonds. The second-order valence-electron chi connectivity index (χ2n) is 10.6. The van der Waals surface area contributed by atoms with E-state index >= 15 is 0 Å². The van der Waals surface area contributed by atoms with Crippen molar-refractivity contribution in [3.8, 4) is 5.69 Å². The number of rotatable bonds is 7. The van der Waals surface area contributed by atoms with E-state index in [2.05, 4.69) is 88.5 Å². The summed E-state index contributed by atoms with van der Waals surface area (Å²) in [6.07, 6.45) is 1.82. The molecule has 8 heteroatoms. The number of pyridine rings is 1. The Balaban J connectivity index is 1.48. The number of aromatic nitrogens is 2. The number of benzene rings is 3. The Hall–Kier alpha value is -4.53. The van der Waals surface area contributed by atoms with Gasteiger partial charge in [-0.25, -0.2) is 0 Å². The molecule has 0 saturated carbocycles. The van der Waals surface area contributed by atoms with Crippen molar-refractivity contribution >= 4 is 45.4 Å². The van der Waals surface area contributed by atoms with Gasteiger partial charge >= 0.3 is 0 Å². The number of hydrogen-bond acceptors (Lipinski definition) is 4. The van der Waals surface area contributed by atoms with Crippen molar-refractivity contribution in [3.63, 3.8) is 0 Å². The van der Waals surface area contributed by atoms with Gasteiger partial charge in [0.25, 0.3) is 0 Å². The smallest absolute Gasteiger partial charge is 0.250 e. The Bertz CT molecular complexity index is 1790. The molecular weight excluding hydrogens is 542 g/mol. The molecular formula is C34H33N5O2S. The van der Waals surface area contributed by atoms with E-state index in [1.54, 1.807) is 0 Å². The number of thiocarbonyl (C=S) groups is 1. The summed E-state index contributed by atoms with van der Waals surface area (Å²) in [5.74, 6) is -0.194. The van der Waals surface area contributed by atoms with Crippen LogP contribution in [0.25, 0.3) is 16.5 Å². The Morgan fingerprint density at radius 3 is 2.55 bits per heavy atom. The van der Waals surface area contributed by atoms with Crippen LogP contribution in [0.4, 0.5) is 11.4 Å². The topological polar surface area (TPSA) is 71.4 Å². The number of methoxy groups -OCH3 is 1. The van der Waals surface area contributed by atoms with Crippen LogP contribution in [-0.4, -0.2) is 34.3 Å². The highest BCUT2D eigenvalue weighted by atomic mass is 32.1. The van der Waals surface area contributed by atoms with Crippen LogP contribution in [-0.2, 0) is 9.53 Å². The summed E-state index contributed by atoms with van der Waals surface area (Å²) in [7, 11) is 1.51. The molecule has 6 rings (SSSR count). The third-order valence-electron chi connectivity index (χ3n) is 7.93. The van der Waals surface area contributed by atoms with Gasteiger partial charge < -0.3 is 24.8 Å². The van der Waals surface area contributed by atoms with Crippen molar-refractivity contribution in [2.24, 2.45) is 0 Å². The fraction of sp³-hybridized carbons (Fsp3) is 0.206. The molecule has 212 valence electrons. The minimum absolute atomic E-state index is 0.00146. The van der Waals surface area contributed by atoms with Crippen LogP contribution in [0.2, 0.25) is 0 Å². The molecule has 1 aliphatic rings. The highest BCUT2D eigenvalue weighted by Gasteiger charge is 2.42. The maximum Gasteiger partial charge on any atom is 0.250 e. The van der Waals surface area contributed by atoms with Gasteiger partial charge in [-0.05, 0) is 92.0 Å². The molecule has 3 aromatic carbocycles. The highest BCUT2D eigenvalue weighted by molar-refractivity contribution is 7.80. The molecule has 3 heterocycles. The SMILES string of the molecule is COCC(=O)Nc1ccc(N2C(=S)NC(c3ccccn3)C2c2cc(C)n(-c3cccc4ccccc34)c2C)cc1C. The van der Waals surface area contributed by atoms with Crippen molar-refractivity contribution in [3.05, 3.63) is 119 Å². The van der Waals surface area contributed by atoms with Crippen LogP contribution in [0.3, 0.4) is 0 Å². The largest absolute Gasteiger partial charge is 0.375 e. The monoisotopic (exact) mass is 575 g/mol. The average molecular weight is 576 g/mol. The van der Waals surface area contributed by atoms with Gasteiger partial charge in [0.05, 0.1) is 23.5 Å². The van der Waals surface area contributed by atoms with Crippen molar-refractivity contribution in [1.29, 1.82) is 0 Å². The summed E-state index contributed by atoms with van der Waals surface area (Å²) in [6.45, 7) is 6.32. The second-order valence-corrected chi connectivity index (χ2v) is 11.0. The minimum atomic E-state index is -0.194. The highest BCUT2D eigenvalue weighted by Crippen LogP contribution is 2.44. The number of amides is 1.